The Kier molecular flexibility index (Phi) is 3.01. The van der Waals surface area contributed by atoms with Gasteiger partial charge in [-0.05, 0) is 31.0 Å². The smallest absolute Gasteiger partial charge is 0.126 e. The van der Waals surface area contributed by atoms with Crippen LogP contribution in [-0.4, -0.2) is 10.7 Å². The van der Waals surface area contributed by atoms with Crippen LogP contribution >= 0.6 is 15.9 Å². The second-order valence-corrected chi connectivity index (χ2v) is 5.89. The summed E-state index contributed by atoms with van der Waals surface area (Å²) in [7, 11) is 0. The van der Waals surface area contributed by atoms with Crippen molar-refractivity contribution in [2.45, 2.75) is 38.9 Å². The number of rotatable bonds is 1. The molecular weight excluding hydrogens is 268 g/mol. The highest BCUT2D eigenvalue weighted by Gasteiger charge is 2.38. The Morgan fingerprint density at radius 2 is 2.19 bits per heavy atom. The molecule has 1 aliphatic heterocycles. The second kappa shape index (κ2) is 4.04. The molecule has 1 aromatic rings. The van der Waals surface area contributed by atoms with Gasteiger partial charge in [0.05, 0.1) is 6.10 Å². The van der Waals surface area contributed by atoms with Gasteiger partial charge in [0, 0.05) is 16.5 Å². The van der Waals surface area contributed by atoms with Crippen molar-refractivity contribution in [2.24, 2.45) is 5.92 Å². The number of hydrogen-bond acceptors (Lipinski definition) is 2. The van der Waals surface area contributed by atoms with Crippen LogP contribution in [0.25, 0.3) is 0 Å². The first-order valence-corrected chi connectivity index (χ1v) is 6.38. The molecule has 0 amide bonds. The van der Waals surface area contributed by atoms with Crippen molar-refractivity contribution >= 4 is 15.9 Å². The fourth-order valence-corrected chi connectivity index (χ4v) is 2.39. The summed E-state index contributed by atoms with van der Waals surface area (Å²) < 4.78 is 7.00. The van der Waals surface area contributed by atoms with Gasteiger partial charge in [0.1, 0.15) is 11.4 Å². The molecule has 0 saturated carbocycles. The Balaban J connectivity index is 2.40. The molecule has 0 fully saturated rings. The van der Waals surface area contributed by atoms with E-state index in [9.17, 15) is 5.11 Å². The summed E-state index contributed by atoms with van der Waals surface area (Å²) in [6, 6.07) is 5.79. The first kappa shape index (κ1) is 11.9. The lowest BCUT2D eigenvalue weighted by atomic mass is 9.82. The normalized spacial score (nSPS) is 28.8. The average molecular weight is 285 g/mol. The summed E-state index contributed by atoms with van der Waals surface area (Å²) in [5, 5.41) is 10.2. The maximum atomic E-state index is 10.2. The zero-order valence-electron chi connectivity index (χ0n) is 9.83. The molecule has 1 heterocycles. The molecular formula is C13H17BrO2. The molecule has 2 atom stereocenters. The lowest BCUT2D eigenvalue weighted by Crippen LogP contribution is -2.42. The highest BCUT2D eigenvalue weighted by atomic mass is 79.9. The Morgan fingerprint density at radius 3 is 2.81 bits per heavy atom. The fraction of sp³-hybridized carbons (Fsp3) is 0.538. The Hall–Kier alpha value is -0.540. The fourth-order valence-electron chi connectivity index (χ4n) is 2.01. The van der Waals surface area contributed by atoms with E-state index in [2.05, 4.69) is 36.7 Å². The van der Waals surface area contributed by atoms with Gasteiger partial charge in [0.25, 0.3) is 0 Å². The van der Waals surface area contributed by atoms with Crippen molar-refractivity contribution in [3.63, 3.8) is 0 Å². The number of aliphatic hydroxyl groups excluding tert-OH is 1. The van der Waals surface area contributed by atoms with Crippen molar-refractivity contribution in [1.29, 1.82) is 0 Å². The molecule has 0 aromatic heterocycles. The van der Waals surface area contributed by atoms with Gasteiger partial charge < -0.3 is 9.84 Å². The van der Waals surface area contributed by atoms with Gasteiger partial charge in [0.15, 0.2) is 0 Å². The standard InChI is InChI=1S/C13H17BrO2/c1-8(2)13(3)7-11(15)10-6-9(14)4-5-12(10)16-13/h4-6,8,11,15H,7H2,1-3H3/t11-,13?/m0/s1. The molecule has 2 rings (SSSR count). The minimum Gasteiger partial charge on any atom is -0.487 e. The van der Waals surface area contributed by atoms with Crippen molar-refractivity contribution in [1.82, 2.24) is 0 Å². The number of fused-ring (bicyclic) bond motifs is 1. The summed E-state index contributed by atoms with van der Waals surface area (Å²) in [6.07, 6.45) is 0.211. The molecule has 3 heteroatoms. The highest BCUT2D eigenvalue weighted by molar-refractivity contribution is 9.10. The summed E-state index contributed by atoms with van der Waals surface area (Å²) in [4.78, 5) is 0. The molecule has 2 nitrogen and oxygen atoms in total. The van der Waals surface area contributed by atoms with Crippen molar-refractivity contribution < 1.29 is 9.84 Å². The van der Waals surface area contributed by atoms with E-state index in [0.29, 0.717) is 12.3 Å². The van der Waals surface area contributed by atoms with E-state index in [1.54, 1.807) is 0 Å². The quantitative estimate of drug-likeness (QED) is 0.853. The van der Waals surface area contributed by atoms with Gasteiger partial charge in [0.2, 0.25) is 0 Å². The van der Waals surface area contributed by atoms with E-state index in [1.165, 1.54) is 0 Å². The van der Waals surface area contributed by atoms with E-state index in [-0.39, 0.29) is 5.60 Å². The largest absolute Gasteiger partial charge is 0.487 e. The monoisotopic (exact) mass is 284 g/mol. The predicted molar refractivity (Wildman–Crippen MR) is 67.6 cm³/mol. The third-order valence-corrected chi connectivity index (χ3v) is 3.99. The van der Waals surface area contributed by atoms with Crippen molar-refractivity contribution in [3.8, 4) is 5.75 Å². The van der Waals surface area contributed by atoms with Crippen LogP contribution < -0.4 is 4.74 Å². The Morgan fingerprint density at radius 1 is 1.50 bits per heavy atom. The third-order valence-electron chi connectivity index (χ3n) is 3.49. The zero-order valence-corrected chi connectivity index (χ0v) is 11.4. The zero-order chi connectivity index (χ0) is 11.9. The second-order valence-electron chi connectivity index (χ2n) is 4.97. The van der Waals surface area contributed by atoms with E-state index >= 15 is 0 Å². The average Bonchev–Trinajstić information content (AvgIpc) is 2.19. The maximum Gasteiger partial charge on any atom is 0.126 e. The van der Waals surface area contributed by atoms with Crippen LogP contribution in [0.4, 0.5) is 0 Å². The maximum absolute atomic E-state index is 10.2. The molecule has 16 heavy (non-hydrogen) atoms. The minimum absolute atomic E-state index is 0.278. The summed E-state index contributed by atoms with van der Waals surface area (Å²) in [6.45, 7) is 6.30. The molecule has 1 aliphatic rings. The van der Waals surface area contributed by atoms with Gasteiger partial charge in [-0.3, -0.25) is 0 Å². The highest BCUT2D eigenvalue weighted by Crippen LogP contribution is 2.43. The number of ether oxygens (including phenoxy) is 1. The molecule has 0 bridgehead atoms. The summed E-state index contributed by atoms with van der Waals surface area (Å²) >= 11 is 3.41. The number of halogens is 1. The Bertz CT molecular complexity index is 403. The molecule has 88 valence electrons. The first-order chi connectivity index (χ1) is 7.42. The summed E-state index contributed by atoms with van der Waals surface area (Å²) in [5.41, 5.74) is 0.604. The van der Waals surface area contributed by atoms with Gasteiger partial charge in [-0.1, -0.05) is 29.8 Å². The first-order valence-electron chi connectivity index (χ1n) is 5.59. The number of aliphatic hydroxyl groups is 1. The van der Waals surface area contributed by atoms with E-state index in [0.717, 1.165) is 15.8 Å². The van der Waals surface area contributed by atoms with E-state index < -0.39 is 6.10 Å². The van der Waals surface area contributed by atoms with Gasteiger partial charge in [-0.15, -0.1) is 0 Å². The molecule has 0 radical (unpaired) electrons. The van der Waals surface area contributed by atoms with Crippen LogP contribution in [0, 0.1) is 5.92 Å². The molecule has 0 spiro atoms. The lowest BCUT2D eigenvalue weighted by Gasteiger charge is -2.41. The van der Waals surface area contributed by atoms with E-state index in [4.69, 9.17) is 4.74 Å². The third kappa shape index (κ3) is 1.98. The molecule has 1 aromatic carbocycles. The van der Waals surface area contributed by atoms with Crippen molar-refractivity contribution in [2.75, 3.05) is 0 Å². The predicted octanol–water partition coefficient (Wildman–Crippen LogP) is 3.68. The molecule has 0 saturated heterocycles. The topological polar surface area (TPSA) is 29.5 Å². The van der Waals surface area contributed by atoms with Crippen LogP contribution in [0.15, 0.2) is 22.7 Å². The Labute approximate surface area is 105 Å². The van der Waals surface area contributed by atoms with Crippen LogP contribution in [-0.2, 0) is 0 Å². The molecule has 0 aliphatic carbocycles. The van der Waals surface area contributed by atoms with E-state index in [1.807, 2.05) is 18.2 Å². The van der Waals surface area contributed by atoms with Crippen LogP contribution in [0.3, 0.4) is 0 Å². The molecule has 1 N–H and O–H groups in total. The van der Waals surface area contributed by atoms with Crippen LogP contribution in [0.1, 0.15) is 38.9 Å². The van der Waals surface area contributed by atoms with Crippen molar-refractivity contribution in [3.05, 3.63) is 28.2 Å². The van der Waals surface area contributed by atoms with Gasteiger partial charge in [-0.25, -0.2) is 0 Å². The minimum atomic E-state index is -0.436. The van der Waals surface area contributed by atoms with Gasteiger partial charge in [-0.2, -0.15) is 0 Å². The van der Waals surface area contributed by atoms with Gasteiger partial charge >= 0.3 is 0 Å². The lowest BCUT2D eigenvalue weighted by molar-refractivity contribution is -0.0322. The van der Waals surface area contributed by atoms with Crippen LogP contribution in [0.2, 0.25) is 0 Å². The van der Waals surface area contributed by atoms with Crippen LogP contribution in [0.5, 0.6) is 5.75 Å². The SMILES string of the molecule is CC(C)C1(C)C[C@H](O)c2cc(Br)ccc2O1. The summed E-state index contributed by atoms with van der Waals surface area (Å²) in [5.74, 6) is 1.18. The number of hydrogen-bond donors (Lipinski definition) is 1. The molecule has 1 unspecified atom stereocenters. The number of benzene rings is 1.